The molecule has 0 bridgehead atoms. The van der Waals surface area contributed by atoms with Gasteiger partial charge < -0.3 is 10.6 Å². The van der Waals surface area contributed by atoms with Crippen LogP contribution < -0.4 is 10.6 Å². The third-order valence-corrected chi connectivity index (χ3v) is 4.20. The SMILES string of the molecule is Nc1nc(N2CCC[C@H]2CC(=O)c2ccc(F)cc2)ncc1[N+](=O)[O-]. The average molecular weight is 345 g/mol. The van der Waals surface area contributed by atoms with Gasteiger partial charge in [-0.05, 0) is 37.1 Å². The summed E-state index contributed by atoms with van der Waals surface area (Å²) in [6.07, 6.45) is 2.93. The third kappa shape index (κ3) is 3.54. The van der Waals surface area contributed by atoms with Crippen molar-refractivity contribution < 1.29 is 14.1 Å². The molecule has 0 aliphatic carbocycles. The van der Waals surface area contributed by atoms with Gasteiger partial charge in [0.05, 0.1) is 4.92 Å². The van der Waals surface area contributed by atoms with Crippen LogP contribution in [0.4, 0.5) is 21.8 Å². The first-order valence-corrected chi connectivity index (χ1v) is 7.78. The van der Waals surface area contributed by atoms with Gasteiger partial charge in [0.25, 0.3) is 0 Å². The summed E-state index contributed by atoms with van der Waals surface area (Å²) >= 11 is 0. The lowest BCUT2D eigenvalue weighted by Crippen LogP contribution is -2.33. The molecule has 0 unspecified atom stereocenters. The molecule has 0 radical (unpaired) electrons. The van der Waals surface area contributed by atoms with Crippen molar-refractivity contribution in [3.05, 3.63) is 52.0 Å². The Hall–Kier alpha value is -3.10. The highest BCUT2D eigenvalue weighted by Crippen LogP contribution is 2.28. The van der Waals surface area contributed by atoms with Gasteiger partial charge in [-0.3, -0.25) is 14.9 Å². The van der Waals surface area contributed by atoms with Gasteiger partial charge in [-0.1, -0.05) is 0 Å². The number of hydrogen-bond acceptors (Lipinski definition) is 7. The first-order chi connectivity index (χ1) is 12.0. The molecule has 1 aliphatic rings. The number of halogens is 1. The number of anilines is 2. The fraction of sp³-hybridized carbons (Fsp3) is 0.312. The molecular formula is C16H16FN5O3. The number of aromatic nitrogens is 2. The van der Waals surface area contributed by atoms with Gasteiger partial charge in [-0.15, -0.1) is 0 Å². The first-order valence-electron chi connectivity index (χ1n) is 7.78. The summed E-state index contributed by atoms with van der Waals surface area (Å²) in [5, 5.41) is 10.8. The number of nitrogen functional groups attached to an aromatic ring is 1. The highest BCUT2D eigenvalue weighted by Gasteiger charge is 2.30. The highest BCUT2D eigenvalue weighted by molar-refractivity contribution is 5.96. The van der Waals surface area contributed by atoms with Crippen LogP contribution in [0.5, 0.6) is 0 Å². The van der Waals surface area contributed by atoms with Gasteiger partial charge in [0, 0.05) is 24.6 Å². The minimum atomic E-state index is -0.640. The van der Waals surface area contributed by atoms with Crippen molar-refractivity contribution in [1.82, 2.24) is 9.97 Å². The van der Waals surface area contributed by atoms with Gasteiger partial charge in [0.2, 0.25) is 11.8 Å². The van der Waals surface area contributed by atoms with Crippen molar-refractivity contribution >= 4 is 23.2 Å². The molecule has 0 saturated carbocycles. The van der Waals surface area contributed by atoms with Gasteiger partial charge in [0.1, 0.15) is 12.0 Å². The zero-order valence-corrected chi connectivity index (χ0v) is 13.3. The summed E-state index contributed by atoms with van der Waals surface area (Å²) in [6, 6.07) is 5.28. The Morgan fingerprint density at radius 3 is 2.76 bits per heavy atom. The van der Waals surface area contributed by atoms with Gasteiger partial charge >= 0.3 is 5.69 Å². The molecule has 1 aromatic heterocycles. The monoisotopic (exact) mass is 345 g/mol. The van der Waals surface area contributed by atoms with Crippen LogP contribution in [0.3, 0.4) is 0 Å². The second kappa shape index (κ2) is 6.80. The Morgan fingerprint density at radius 1 is 1.40 bits per heavy atom. The zero-order valence-electron chi connectivity index (χ0n) is 13.3. The van der Waals surface area contributed by atoms with E-state index >= 15 is 0 Å². The number of carbonyl (C=O) groups excluding carboxylic acids is 1. The van der Waals surface area contributed by atoms with Crippen molar-refractivity contribution in [2.45, 2.75) is 25.3 Å². The molecule has 2 aromatic rings. The minimum Gasteiger partial charge on any atom is -0.378 e. The van der Waals surface area contributed by atoms with Crippen molar-refractivity contribution in [3.8, 4) is 0 Å². The van der Waals surface area contributed by atoms with Crippen molar-refractivity contribution in [2.75, 3.05) is 17.2 Å². The van der Waals surface area contributed by atoms with E-state index in [2.05, 4.69) is 9.97 Å². The maximum Gasteiger partial charge on any atom is 0.329 e. The number of ketones is 1. The fourth-order valence-corrected chi connectivity index (χ4v) is 2.94. The molecule has 2 heterocycles. The molecule has 3 rings (SSSR count). The fourth-order valence-electron chi connectivity index (χ4n) is 2.94. The molecule has 1 saturated heterocycles. The van der Waals surface area contributed by atoms with E-state index < -0.39 is 10.7 Å². The maximum atomic E-state index is 13.0. The van der Waals surface area contributed by atoms with Crippen LogP contribution in [0.1, 0.15) is 29.6 Å². The number of rotatable bonds is 5. The number of hydrogen-bond donors (Lipinski definition) is 1. The molecule has 1 fully saturated rings. The van der Waals surface area contributed by atoms with E-state index in [1.165, 1.54) is 24.3 Å². The molecule has 0 spiro atoms. The number of benzene rings is 1. The van der Waals surface area contributed by atoms with E-state index in [0.717, 1.165) is 19.0 Å². The standard InChI is InChI=1S/C16H16FN5O3/c17-11-5-3-10(4-6-11)14(23)8-12-2-1-7-21(12)16-19-9-13(22(24)25)15(18)20-16/h3-6,9,12H,1-2,7-8H2,(H2,18,19,20)/t12-/m0/s1. The van der Waals surface area contributed by atoms with Gasteiger partial charge in [-0.25, -0.2) is 9.37 Å². The lowest BCUT2D eigenvalue weighted by atomic mass is 10.0. The Balaban J connectivity index is 1.76. The molecule has 130 valence electrons. The molecule has 1 aliphatic heterocycles. The van der Waals surface area contributed by atoms with Crippen LogP contribution in [-0.2, 0) is 0 Å². The van der Waals surface area contributed by atoms with E-state index in [-0.39, 0.29) is 35.7 Å². The van der Waals surface area contributed by atoms with Crippen LogP contribution >= 0.6 is 0 Å². The van der Waals surface area contributed by atoms with Gasteiger partial charge in [0.15, 0.2) is 5.78 Å². The molecule has 2 N–H and O–H groups in total. The van der Waals surface area contributed by atoms with E-state index in [1.807, 2.05) is 4.90 Å². The zero-order chi connectivity index (χ0) is 18.0. The smallest absolute Gasteiger partial charge is 0.329 e. The molecule has 8 nitrogen and oxygen atoms in total. The lowest BCUT2D eigenvalue weighted by Gasteiger charge is -2.24. The Kier molecular flexibility index (Phi) is 4.55. The topological polar surface area (TPSA) is 115 Å². The third-order valence-electron chi connectivity index (χ3n) is 4.20. The second-order valence-corrected chi connectivity index (χ2v) is 5.82. The van der Waals surface area contributed by atoms with Crippen molar-refractivity contribution in [3.63, 3.8) is 0 Å². The first kappa shape index (κ1) is 16.7. The number of nitro groups is 1. The quantitative estimate of drug-likeness (QED) is 0.502. The van der Waals surface area contributed by atoms with Crippen LogP contribution in [0.15, 0.2) is 30.5 Å². The predicted octanol–water partition coefficient (Wildman–Crippen LogP) is 2.35. The van der Waals surface area contributed by atoms with E-state index in [9.17, 15) is 19.3 Å². The van der Waals surface area contributed by atoms with Crippen LogP contribution in [0.25, 0.3) is 0 Å². The summed E-state index contributed by atoms with van der Waals surface area (Å²) in [7, 11) is 0. The van der Waals surface area contributed by atoms with Crippen LogP contribution in [0.2, 0.25) is 0 Å². The molecule has 1 aromatic carbocycles. The lowest BCUT2D eigenvalue weighted by molar-refractivity contribution is -0.384. The average Bonchev–Trinajstić information content (AvgIpc) is 3.03. The molecule has 1 atom stereocenters. The summed E-state index contributed by atoms with van der Waals surface area (Å²) in [5.41, 5.74) is 5.72. The molecule has 0 amide bonds. The largest absolute Gasteiger partial charge is 0.378 e. The second-order valence-electron chi connectivity index (χ2n) is 5.82. The number of nitrogens with zero attached hydrogens (tertiary/aromatic N) is 4. The molecule has 9 heteroatoms. The van der Waals surface area contributed by atoms with E-state index in [1.54, 1.807) is 0 Å². The van der Waals surface area contributed by atoms with E-state index in [0.29, 0.717) is 12.1 Å². The Morgan fingerprint density at radius 2 is 2.12 bits per heavy atom. The highest BCUT2D eigenvalue weighted by atomic mass is 19.1. The minimum absolute atomic E-state index is 0.105. The summed E-state index contributed by atoms with van der Waals surface area (Å²) in [4.78, 5) is 32.4. The molecule has 25 heavy (non-hydrogen) atoms. The molecular weight excluding hydrogens is 329 g/mol. The van der Waals surface area contributed by atoms with Crippen molar-refractivity contribution in [1.29, 1.82) is 0 Å². The number of carbonyl (C=O) groups is 1. The number of nitrogens with two attached hydrogens (primary N) is 1. The summed E-state index contributed by atoms with van der Waals surface area (Å²) < 4.78 is 13.0. The normalized spacial score (nSPS) is 16.8. The Labute approximate surface area is 142 Å². The van der Waals surface area contributed by atoms with Crippen LogP contribution in [-0.4, -0.2) is 33.3 Å². The maximum absolute atomic E-state index is 13.0. The number of Topliss-reactive ketones (excluding diaryl/α,β-unsaturated/α-hetero) is 1. The van der Waals surface area contributed by atoms with E-state index in [4.69, 9.17) is 5.73 Å². The summed E-state index contributed by atoms with van der Waals surface area (Å²) in [5.74, 6) is -0.427. The van der Waals surface area contributed by atoms with Crippen molar-refractivity contribution in [2.24, 2.45) is 0 Å². The van der Waals surface area contributed by atoms with Crippen LogP contribution in [0, 0.1) is 15.9 Å². The summed E-state index contributed by atoms with van der Waals surface area (Å²) in [6.45, 7) is 0.638. The Bertz CT molecular complexity index is 812. The predicted molar refractivity (Wildman–Crippen MR) is 88.8 cm³/mol. The van der Waals surface area contributed by atoms with Gasteiger partial charge in [-0.2, -0.15) is 4.98 Å².